The van der Waals surface area contributed by atoms with Gasteiger partial charge in [0.05, 0.1) is 0 Å². The Balaban J connectivity index is 0.000000603. The van der Waals surface area contributed by atoms with Gasteiger partial charge in [0.1, 0.15) is 5.60 Å². The number of hydrogen-bond donors (Lipinski definition) is 1. The van der Waals surface area contributed by atoms with Crippen LogP contribution in [0.1, 0.15) is 70.7 Å². The molecule has 1 saturated carbocycles. The third kappa shape index (κ3) is 7.19. The number of nitrogens with zero attached hydrogens (tertiary/aromatic N) is 4. The first-order valence-electron chi connectivity index (χ1n) is 13.1. The second kappa shape index (κ2) is 12.2. The molecule has 1 aliphatic heterocycles. The Kier molecular flexibility index (Phi) is 9.22. The van der Waals surface area contributed by atoms with Crippen LogP contribution in [0.2, 0.25) is 0 Å². The van der Waals surface area contributed by atoms with E-state index >= 15 is 0 Å². The first kappa shape index (κ1) is 28.7. The van der Waals surface area contributed by atoms with E-state index < -0.39 is 23.1 Å². The van der Waals surface area contributed by atoms with Gasteiger partial charge in [-0.25, -0.2) is 0 Å². The van der Waals surface area contributed by atoms with E-state index in [0.29, 0.717) is 57.4 Å². The van der Waals surface area contributed by atoms with E-state index in [1.165, 1.54) is 66.4 Å². The number of aromatic nitrogens is 3. The number of amides is 1. The Morgan fingerprint density at radius 2 is 1.71 bits per heavy atom. The maximum absolute atomic E-state index is 14.7. The normalized spacial score (nSPS) is 17.1. The van der Waals surface area contributed by atoms with Gasteiger partial charge in [-0.15, -0.1) is 0 Å². The summed E-state index contributed by atoms with van der Waals surface area (Å²) in [5, 5.41) is 12.0. The Morgan fingerprint density at radius 1 is 1.08 bits per heavy atom. The molecule has 3 heterocycles. The number of carbonyl (C=O) groups is 1. The molecule has 38 heavy (non-hydrogen) atoms. The summed E-state index contributed by atoms with van der Waals surface area (Å²) in [5.74, 6) is -0.391. The zero-order valence-electron chi connectivity index (χ0n) is 22.2. The molecular weight excluding hydrogens is 566 g/mol. The fourth-order valence-electron chi connectivity index (χ4n) is 4.51. The molecule has 204 valence electrons. The number of hydrogen-bond acceptors (Lipinski definition) is 7. The van der Waals surface area contributed by atoms with E-state index in [1.54, 1.807) is 35.4 Å². The van der Waals surface area contributed by atoms with Gasteiger partial charge in [0, 0.05) is 0 Å². The van der Waals surface area contributed by atoms with E-state index in [-0.39, 0.29) is 0 Å². The van der Waals surface area contributed by atoms with Crippen molar-refractivity contribution in [2.24, 2.45) is 0 Å². The van der Waals surface area contributed by atoms with E-state index in [1.807, 2.05) is 20.8 Å². The van der Waals surface area contributed by atoms with Gasteiger partial charge < -0.3 is 0 Å². The molecular formula is C28H36AsFN4O3S. The predicted molar refractivity (Wildman–Crippen MR) is 151 cm³/mol. The van der Waals surface area contributed by atoms with Crippen molar-refractivity contribution in [3.63, 3.8) is 0 Å². The third-order valence-corrected chi connectivity index (χ3v) is 8.41. The fourth-order valence-corrected chi connectivity index (χ4v) is 6.18. The van der Waals surface area contributed by atoms with Crippen LogP contribution in [0.25, 0.3) is 21.8 Å². The summed E-state index contributed by atoms with van der Waals surface area (Å²) in [6, 6.07) is 8.21. The molecule has 1 amide bonds. The van der Waals surface area contributed by atoms with Crippen molar-refractivity contribution in [1.29, 1.82) is 0 Å². The molecule has 1 N–H and O–H groups in total. The molecule has 7 nitrogen and oxygen atoms in total. The maximum atomic E-state index is 14.7. The van der Waals surface area contributed by atoms with Crippen molar-refractivity contribution in [1.82, 2.24) is 19.9 Å². The summed E-state index contributed by atoms with van der Waals surface area (Å²) in [7, 11) is 0. The summed E-state index contributed by atoms with van der Waals surface area (Å²) in [6.45, 7) is 6.14. The van der Waals surface area contributed by atoms with Crippen molar-refractivity contribution in [2.45, 2.75) is 76.9 Å². The van der Waals surface area contributed by atoms with Crippen molar-refractivity contribution in [3.8, 4) is 21.8 Å². The molecule has 5 rings (SSSR count). The molecule has 2 fully saturated rings. The van der Waals surface area contributed by atoms with Crippen LogP contribution in [0.3, 0.4) is 0 Å². The predicted octanol–water partition coefficient (Wildman–Crippen LogP) is 4.83. The standard InChI is InChI=1S/C23H26AsFN4O3S.C5H10/c1-22(2,3)32-21(30)29-12-9-23(31,10-13-29)19-28-17(14-6-4-5-7-15(14)25)18(33-19)16-8-11-26-20(24)27-16;1-2-4-5-3-1/h4-8,11,31H,9-10,12-13,24H2,1-3H3;1-5H2. The average Bonchev–Trinajstić information content (AvgIpc) is 3.58. The number of benzene rings is 1. The number of aliphatic hydroxyl groups is 1. The summed E-state index contributed by atoms with van der Waals surface area (Å²) < 4.78 is 20.8. The van der Waals surface area contributed by atoms with E-state index in [9.17, 15) is 14.3 Å². The zero-order valence-corrected chi connectivity index (χ0v) is 25.5. The Hall–Kier alpha value is -2.35. The molecule has 1 atom stereocenters. The van der Waals surface area contributed by atoms with Crippen LogP contribution in [0.5, 0.6) is 0 Å². The van der Waals surface area contributed by atoms with Crippen LogP contribution in [-0.4, -0.2) is 66.6 Å². The SMILES string of the molecule is C1CCCC1.CC(C)(C)OC(=O)N1CCC(O)(c2nc(-c3ccccc3F)c(-c3ccnc([AsH2])n3)s2)CC1. The van der Waals surface area contributed by atoms with Crippen LogP contribution in [0.4, 0.5) is 9.18 Å². The Labute approximate surface area is 236 Å². The molecule has 1 saturated heterocycles. The summed E-state index contributed by atoms with van der Waals surface area (Å²) in [4.78, 5) is 28.1. The van der Waals surface area contributed by atoms with Gasteiger partial charge in [-0.3, -0.25) is 0 Å². The molecule has 2 aromatic heterocycles. The first-order chi connectivity index (χ1) is 18.1. The van der Waals surface area contributed by atoms with Gasteiger partial charge in [0.2, 0.25) is 0 Å². The first-order valence-corrected chi connectivity index (χ1v) is 15.1. The van der Waals surface area contributed by atoms with Crippen molar-refractivity contribution >= 4 is 38.9 Å². The van der Waals surface area contributed by atoms with E-state index in [4.69, 9.17) is 9.72 Å². The third-order valence-electron chi connectivity index (χ3n) is 6.55. The summed E-state index contributed by atoms with van der Waals surface area (Å²) >= 11 is 2.59. The van der Waals surface area contributed by atoms with Gasteiger partial charge >= 0.3 is 178 Å². The second-order valence-electron chi connectivity index (χ2n) is 10.7. The molecule has 0 spiro atoms. The Bertz CT molecular complexity index is 1240. The van der Waals surface area contributed by atoms with Gasteiger partial charge in [-0.1, -0.05) is 32.1 Å². The topological polar surface area (TPSA) is 88.4 Å². The molecule has 3 aromatic rings. The summed E-state index contributed by atoms with van der Waals surface area (Å²) in [6.07, 6.45) is 9.39. The summed E-state index contributed by atoms with van der Waals surface area (Å²) in [5.41, 5.74) is -0.372. The number of likely N-dealkylation sites (tertiary alicyclic amines) is 1. The minimum atomic E-state index is -1.23. The zero-order chi connectivity index (χ0) is 27.3. The molecule has 0 bridgehead atoms. The molecule has 1 aliphatic carbocycles. The number of piperidine rings is 1. The van der Waals surface area contributed by atoms with E-state index in [2.05, 4.69) is 9.97 Å². The average molecular weight is 603 g/mol. The van der Waals surface area contributed by atoms with Gasteiger partial charge in [0.25, 0.3) is 0 Å². The number of rotatable bonds is 3. The van der Waals surface area contributed by atoms with Crippen molar-refractivity contribution in [2.75, 3.05) is 13.1 Å². The molecule has 1 aromatic carbocycles. The van der Waals surface area contributed by atoms with Crippen LogP contribution in [0, 0.1) is 5.82 Å². The van der Waals surface area contributed by atoms with Gasteiger partial charge in [-0.05, 0) is 20.8 Å². The Morgan fingerprint density at radius 3 is 2.29 bits per heavy atom. The quantitative estimate of drug-likeness (QED) is 0.432. The van der Waals surface area contributed by atoms with E-state index in [0.717, 1.165) is 0 Å². The monoisotopic (exact) mass is 602 g/mol. The molecule has 2 aliphatic rings. The van der Waals surface area contributed by atoms with Crippen LogP contribution in [0.15, 0.2) is 36.5 Å². The number of ether oxygens (including phenoxy) is 1. The number of halogens is 1. The van der Waals surface area contributed by atoms with Crippen molar-refractivity contribution < 1.29 is 19.0 Å². The van der Waals surface area contributed by atoms with Crippen LogP contribution in [-0.2, 0) is 10.3 Å². The van der Waals surface area contributed by atoms with Crippen molar-refractivity contribution in [3.05, 3.63) is 47.4 Å². The van der Waals surface area contributed by atoms with Gasteiger partial charge in [-0.2, -0.15) is 0 Å². The number of thiazole rings is 1. The molecule has 0 radical (unpaired) electrons. The second-order valence-corrected chi connectivity index (χ2v) is 12.8. The fraction of sp³-hybridized carbons (Fsp3) is 0.500. The minimum absolute atomic E-state index is 0.307. The molecule has 10 heteroatoms. The molecule has 1 unspecified atom stereocenters. The van der Waals surface area contributed by atoms with Crippen LogP contribution < -0.4 is 4.61 Å². The number of carbonyl (C=O) groups excluding carboxylic acids is 1. The van der Waals surface area contributed by atoms with Crippen LogP contribution >= 0.6 is 11.3 Å². The van der Waals surface area contributed by atoms with Gasteiger partial charge in [0.15, 0.2) is 0 Å².